The predicted molar refractivity (Wildman–Crippen MR) is 178 cm³/mol. The van der Waals surface area contributed by atoms with E-state index < -0.39 is 6.04 Å². The van der Waals surface area contributed by atoms with E-state index in [-0.39, 0.29) is 42.8 Å². The average Bonchev–Trinajstić information content (AvgIpc) is 3.22. The van der Waals surface area contributed by atoms with E-state index in [9.17, 15) is 14.4 Å². The topological polar surface area (TPSA) is 87.7 Å². The number of carbonyl (C=O) groups is 3. The summed E-state index contributed by atoms with van der Waals surface area (Å²) in [6.45, 7) is 3.84. The lowest BCUT2D eigenvalue weighted by molar-refractivity contribution is -0.145. The number of nitrogens with zero attached hydrogens (tertiary/aromatic N) is 1. The van der Waals surface area contributed by atoms with E-state index in [1.54, 1.807) is 6.07 Å². The second-order valence-electron chi connectivity index (χ2n) is 11.6. The number of halogens is 1. The maximum absolute atomic E-state index is 13.9. The number of esters is 1. The molecule has 1 aliphatic heterocycles. The number of benzene rings is 4. The molecule has 2 N–H and O–H groups in total. The van der Waals surface area contributed by atoms with E-state index in [1.807, 2.05) is 83.8 Å². The Kier molecular flexibility index (Phi) is 11.2. The predicted octanol–water partition coefficient (Wildman–Crippen LogP) is 6.50. The van der Waals surface area contributed by atoms with Crippen molar-refractivity contribution in [3.05, 3.63) is 119 Å². The molecular weight excluding hydrogens is 586 g/mol. The van der Waals surface area contributed by atoms with E-state index in [0.29, 0.717) is 43.1 Å². The van der Waals surface area contributed by atoms with Gasteiger partial charge in [0.1, 0.15) is 6.61 Å². The van der Waals surface area contributed by atoms with E-state index in [4.69, 9.17) is 16.3 Å². The molecule has 0 saturated carbocycles. The van der Waals surface area contributed by atoms with Gasteiger partial charge in [-0.15, -0.1) is 0 Å². The summed E-state index contributed by atoms with van der Waals surface area (Å²) in [5.74, 6) is -0.354. The molecule has 8 heteroatoms. The van der Waals surface area contributed by atoms with Crippen LogP contribution in [0.4, 0.5) is 0 Å². The van der Waals surface area contributed by atoms with Crippen LogP contribution in [0.15, 0.2) is 97.1 Å². The van der Waals surface area contributed by atoms with Crippen LogP contribution in [-0.2, 0) is 20.9 Å². The molecule has 0 spiro atoms. The highest BCUT2D eigenvalue weighted by Gasteiger charge is 2.32. The van der Waals surface area contributed by atoms with Crippen LogP contribution in [0.25, 0.3) is 10.8 Å². The Balaban J connectivity index is 1.24. The third-order valence-corrected chi connectivity index (χ3v) is 8.69. The Morgan fingerprint density at radius 2 is 1.69 bits per heavy atom. The van der Waals surface area contributed by atoms with Gasteiger partial charge in [-0.3, -0.25) is 14.4 Å². The highest BCUT2D eigenvalue weighted by atomic mass is 35.5. The zero-order chi connectivity index (χ0) is 31.6. The highest BCUT2D eigenvalue weighted by Crippen LogP contribution is 2.24. The Hall–Kier alpha value is -4.20. The van der Waals surface area contributed by atoms with Crippen LogP contribution in [0, 0.1) is 0 Å². The van der Waals surface area contributed by atoms with Crippen molar-refractivity contribution in [2.24, 2.45) is 0 Å². The van der Waals surface area contributed by atoms with Crippen LogP contribution >= 0.6 is 11.6 Å². The van der Waals surface area contributed by atoms with Gasteiger partial charge < -0.3 is 20.3 Å². The summed E-state index contributed by atoms with van der Waals surface area (Å²) < 4.78 is 5.49. The monoisotopic (exact) mass is 625 g/mol. The molecule has 234 valence electrons. The first-order valence-corrected chi connectivity index (χ1v) is 16.0. The largest absolute Gasteiger partial charge is 0.461 e. The SMILES string of the molecule is CCC(CN1CCC(CNC(=O)c2ccc3cc(Cl)ccc3c2)NC(CCC(=O)OCc2ccccc2)C1=O)c1ccccc1. The van der Waals surface area contributed by atoms with Crippen molar-refractivity contribution in [2.75, 3.05) is 19.6 Å². The average molecular weight is 626 g/mol. The highest BCUT2D eigenvalue weighted by molar-refractivity contribution is 6.31. The quantitative estimate of drug-likeness (QED) is 0.176. The van der Waals surface area contributed by atoms with Gasteiger partial charge in [0, 0.05) is 48.6 Å². The summed E-state index contributed by atoms with van der Waals surface area (Å²) in [5, 5.41) is 9.08. The van der Waals surface area contributed by atoms with Crippen molar-refractivity contribution >= 4 is 40.2 Å². The number of carbonyl (C=O) groups excluding carboxylic acids is 3. The van der Waals surface area contributed by atoms with Crippen LogP contribution in [0.1, 0.15) is 60.0 Å². The lowest BCUT2D eigenvalue weighted by Crippen LogP contribution is -2.49. The van der Waals surface area contributed by atoms with Crippen LogP contribution in [0.2, 0.25) is 5.02 Å². The normalized spacial score (nSPS) is 17.5. The fraction of sp³-hybridized carbons (Fsp3) is 0.324. The van der Waals surface area contributed by atoms with Crippen molar-refractivity contribution in [1.29, 1.82) is 0 Å². The zero-order valence-corrected chi connectivity index (χ0v) is 26.3. The maximum atomic E-state index is 13.9. The minimum atomic E-state index is -0.572. The molecule has 4 aromatic carbocycles. The minimum absolute atomic E-state index is 0.0257. The van der Waals surface area contributed by atoms with Gasteiger partial charge in [-0.05, 0) is 65.4 Å². The number of hydrogen-bond acceptors (Lipinski definition) is 5. The molecule has 1 fully saturated rings. The van der Waals surface area contributed by atoms with Crippen molar-refractivity contribution in [2.45, 2.75) is 57.2 Å². The number of hydrogen-bond donors (Lipinski definition) is 2. The fourth-order valence-electron chi connectivity index (χ4n) is 5.84. The van der Waals surface area contributed by atoms with Gasteiger partial charge in [0.2, 0.25) is 5.91 Å². The molecule has 0 radical (unpaired) electrons. The van der Waals surface area contributed by atoms with Gasteiger partial charge in [0.25, 0.3) is 5.91 Å². The molecule has 4 aromatic rings. The molecule has 1 heterocycles. The summed E-state index contributed by atoms with van der Waals surface area (Å²) in [7, 11) is 0. The van der Waals surface area contributed by atoms with Gasteiger partial charge in [0.05, 0.1) is 6.04 Å². The van der Waals surface area contributed by atoms with E-state index >= 15 is 0 Å². The molecule has 0 aliphatic carbocycles. The number of ether oxygens (including phenoxy) is 1. The molecule has 45 heavy (non-hydrogen) atoms. The number of rotatable bonds is 12. The lowest BCUT2D eigenvalue weighted by Gasteiger charge is -2.28. The van der Waals surface area contributed by atoms with Crippen LogP contribution in [0.5, 0.6) is 0 Å². The second kappa shape index (κ2) is 15.7. The molecule has 1 saturated heterocycles. The summed E-state index contributed by atoms with van der Waals surface area (Å²) in [4.78, 5) is 41.6. The lowest BCUT2D eigenvalue weighted by atomic mass is 9.95. The van der Waals surface area contributed by atoms with Gasteiger partial charge in [-0.1, -0.05) is 91.3 Å². The molecule has 0 bridgehead atoms. The van der Waals surface area contributed by atoms with Crippen LogP contribution in [-0.4, -0.2) is 54.4 Å². The summed E-state index contributed by atoms with van der Waals surface area (Å²) in [6, 6.07) is 30.2. The standard InChI is InChI=1S/C37H40ClN3O4/c1-2-27(28-11-7-4-8-12-28)24-41-20-19-33(23-39-36(43)31-14-13-30-22-32(38)16-15-29(30)21-31)40-34(37(41)44)17-18-35(42)45-25-26-9-5-3-6-10-26/h3-16,21-22,27,33-34,40H,2,17-20,23-25H2,1H3,(H,39,43). The summed E-state index contributed by atoms with van der Waals surface area (Å²) in [6.07, 6.45) is 1.99. The Bertz CT molecular complexity index is 1600. The third kappa shape index (κ3) is 8.93. The maximum Gasteiger partial charge on any atom is 0.306 e. The molecule has 5 rings (SSSR count). The third-order valence-electron chi connectivity index (χ3n) is 8.45. The first kappa shape index (κ1) is 32.2. The van der Waals surface area contributed by atoms with Gasteiger partial charge in [-0.2, -0.15) is 0 Å². The Morgan fingerprint density at radius 3 is 2.44 bits per heavy atom. The number of fused-ring (bicyclic) bond motifs is 1. The molecule has 0 aromatic heterocycles. The second-order valence-corrected chi connectivity index (χ2v) is 12.0. The fourth-order valence-corrected chi connectivity index (χ4v) is 6.02. The molecule has 1 aliphatic rings. The van der Waals surface area contributed by atoms with Gasteiger partial charge in [-0.25, -0.2) is 0 Å². The van der Waals surface area contributed by atoms with Crippen molar-refractivity contribution in [3.8, 4) is 0 Å². The number of nitrogens with one attached hydrogen (secondary N) is 2. The van der Waals surface area contributed by atoms with Crippen molar-refractivity contribution in [1.82, 2.24) is 15.5 Å². The van der Waals surface area contributed by atoms with E-state index in [1.165, 1.54) is 5.56 Å². The van der Waals surface area contributed by atoms with Gasteiger partial charge in [0.15, 0.2) is 0 Å². The van der Waals surface area contributed by atoms with Crippen LogP contribution in [0.3, 0.4) is 0 Å². The summed E-state index contributed by atoms with van der Waals surface area (Å²) >= 11 is 6.11. The minimum Gasteiger partial charge on any atom is -0.461 e. The summed E-state index contributed by atoms with van der Waals surface area (Å²) in [5.41, 5.74) is 2.67. The molecule has 3 unspecified atom stereocenters. The zero-order valence-electron chi connectivity index (χ0n) is 25.6. The van der Waals surface area contributed by atoms with Crippen LogP contribution < -0.4 is 10.6 Å². The molecular formula is C37H40ClN3O4. The number of amides is 2. The Labute approximate surface area is 269 Å². The molecule has 3 atom stereocenters. The Morgan fingerprint density at radius 1 is 0.978 bits per heavy atom. The molecule has 2 amide bonds. The molecule has 7 nitrogen and oxygen atoms in total. The first-order chi connectivity index (χ1) is 21.9. The van der Waals surface area contributed by atoms with E-state index in [0.717, 1.165) is 22.8 Å². The van der Waals surface area contributed by atoms with E-state index in [2.05, 4.69) is 29.7 Å². The van der Waals surface area contributed by atoms with Crippen molar-refractivity contribution in [3.63, 3.8) is 0 Å². The smallest absolute Gasteiger partial charge is 0.306 e. The first-order valence-electron chi connectivity index (χ1n) is 15.7. The van der Waals surface area contributed by atoms with Crippen molar-refractivity contribution < 1.29 is 19.1 Å². The van der Waals surface area contributed by atoms with Gasteiger partial charge >= 0.3 is 5.97 Å².